The van der Waals surface area contributed by atoms with Crippen LogP contribution >= 0.6 is 0 Å². The lowest BCUT2D eigenvalue weighted by molar-refractivity contribution is -0.155. The van der Waals surface area contributed by atoms with Crippen molar-refractivity contribution in [3.63, 3.8) is 0 Å². The fourth-order valence-corrected chi connectivity index (χ4v) is 2.17. The standard InChI is InChI=1S/C12H22N2O2/c1-6-14-10(15)9(7-8(2)3)13-11(16)12(14,4)5/h8-9H,6-7H2,1-5H3,(H,13,16). The zero-order valence-corrected chi connectivity index (χ0v) is 10.8. The molecular formula is C12H22N2O2. The topological polar surface area (TPSA) is 49.4 Å². The highest BCUT2D eigenvalue weighted by Gasteiger charge is 2.45. The van der Waals surface area contributed by atoms with Crippen LogP contribution in [0.25, 0.3) is 0 Å². The molecule has 0 aromatic rings. The molecule has 16 heavy (non-hydrogen) atoms. The van der Waals surface area contributed by atoms with Crippen LogP contribution in [0.4, 0.5) is 0 Å². The molecule has 4 nitrogen and oxygen atoms in total. The number of nitrogens with zero attached hydrogens (tertiary/aromatic N) is 1. The third-order valence-electron chi connectivity index (χ3n) is 3.12. The van der Waals surface area contributed by atoms with Gasteiger partial charge in [0.25, 0.3) is 0 Å². The normalized spacial score (nSPS) is 24.9. The second-order valence-corrected chi connectivity index (χ2v) is 5.30. The third kappa shape index (κ3) is 2.20. The summed E-state index contributed by atoms with van der Waals surface area (Å²) in [5, 5.41) is 2.82. The van der Waals surface area contributed by atoms with Crippen LogP contribution in [0.2, 0.25) is 0 Å². The number of amides is 2. The molecule has 1 atom stereocenters. The lowest BCUT2D eigenvalue weighted by atomic mass is 9.92. The molecule has 1 aliphatic heterocycles. The average molecular weight is 226 g/mol. The smallest absolute Gasteiger partial charge is 0.246 e. The van der Waals surface area contributed by atoms with Gasteiger partial charge < -0.3 is 10.2 Å². The van der Waals surface area contributed by atoms with Crippen LogP contribution in [0.1, 0.15) is 41.0 Å². The lowest BCUT2D eigenvalue weighted by Crippen LogP contribution is -2.68. The molecule has 2 amide bonds. The summed E-state index contributed by atoms with van der Waals surface area (Å²) in [6, 6.07) is -0.347. The largest absolute Gasteiger partial charge is 0.342 e. The quantitative estimate of drug-likeness (QED) is 0.785. The van der Waals surface area contributed by atoms with Crippen molar-refractivity contribution in [2.24, 2.45) is 5.92 Å². The maximum Gasteiger partial charge on any atom is 0.246 e. The van der Waals surface area contributed by atoms with Crippen molar-refractivity contribution in [3.8, 4) is 0 Å². The number of piperazine rings is 1. The molecule has 0 aromatic carbocycles. The van der Waals surface area contributed by atoms with Crippen molar-refractivity contribution < 1.29 is 9.59 Å². The Balaban J connectivity index is 2.90. The Labute approximate surface area is 97.4 Å². The highest BCUT2D eigenvalue weighted by molar-refractivity contribution is 5.99. The fraction of sp³-hybridized carbons (Fsp3) is 0.833. The van der Waals surface area contributed by atoms with Gasteiger partial charge in [0.1, 0.15) is 11.6 Å². The van der Waals surface area contributed by atoms with Crippen molar-refractivity contribution in [2.75, 3.05) is 6.54 Å². The predicted octanol–water partition coefficient (Wildman–Crippen LogP) is 1.16. The molecule has 1 heterocycles. The van der Waals surface area contributed by atoms with Crippen molar-refractivity contribution in [3.05, 3.63) is 0 Å². The maximum absolute atomic E-state index is 12.2. The molecule has 1 N–H and O–H groups in total. The number of carbonyl (C=O) groups excluding carboxylic acids is 2. The molecule has 1 rings (SSSR count). The van der Waals surface area contributed by atoms with E-state index in [0.717, 1.165) is 0 Å². The van der Waals surface area contributed by atoms with E-state index in [0.29, 0.717) is 18.9 Å². The molecule has 1 aliphatic rings. The maximum atomic E-state index is 12.2. The van der Waals surface area contributed by atoms with Gasteiger partial charge in [-0.3, -0.25) is 9.59 Å². The van der Waals surface area contributed by atoms with Crippen LogP contribution in [0.3, 0.4) is 0 Å². The first-order valence-corrected chi connectivity index (χ1v) is 5.93. The molecule has 92 valence electrons. The first-order chi connectivity index (χ1) is 7.30. The number of carbonyl (C=O) groups is 2. The highest BCUT2D eigenvalue weighted by atomic mass is 16.2. The summed E-state index contributed by atoms with van der Waals surface area (Å²) < 4.78 is 0. The van der Waals surface area contributed by atoms with E-state index in [1.807, 2.05) is 6.92 Å². The van der Waals surface area contributed by atoms with E-state index >= 15 is 0 Å². The van der Waals surface area contributed by atoms with E-state index in [1.54, 1.807) is 18.7 Å². The molecular weight excluding hydrogens is 204 g/mol. The van der Waals surface area contributed by atoms with Gasteiger partial charge in [-0.2, -0.15) is 0 Å². The van der Waals surface area contributed by atoms with E-state index < -0.39 is 5.54 Å². The van der Waals surface area contributed by atoms with Gasteiger partial charge in [0.05, 0.1) is 0 Å². The minimum atomic E-state index is -0.723. The van der Waals surface area contributed by atoms with Gasteiger partial charge in [-0.25, -0.2) is 0 Å². The Kier molecular flexibility index (Phi) is 3.61. The number of hydrogen-bond donors (Lipinski definition) is 1. The van der Waals surface area contributed by atoms with Crippen LogP contribution in [0.15, 0.2) is 0 Å². The summed E-state index contributed by atoms with van der Waals surface area (Å²) in [6.07, 6.45) is 0.706. The zero-order chi connectivity index (χ0) is 12.5. The van der Waals surface area contributed by atoms with Gasteiger partial charge in [0, 0.05) is 6.54 Å². The van der Waals surface area contributed by atoms with Gasteiger partial charge in [0.2, 0.25) is 11.8 Å². The average Bonchev–Trinajstić information content (AvgIpc) is 2.14. The van der Waals surface area contributed by atoms with Crippen LogP contribution < -0.4 is 5.32 Å². The molecule has 1 fully saturated rings. The van der Waals surface area contributed by atoms with E-state index in [2.05, 4.69) is 19.2 Å². The van der Waals surface area contributed by atoms with Gasteiger partial charge in [-0.1, -0.05) is 13.8 Å². The molecule has 1 unspecified atom stereocenters. The van der Waals surface area contributed by atoms with Gasteiger partial charge >= 0.3 is 0 Å². The fourth-order valence-electron chi connectivity index (χ4n) is 2.17. The Morgan fingerprint density at radius 3 is 2.38 bits per heavy atom. The van der Waals surface area contributed by atoms with Crippen molar-refractivity contribution in [2.45, 2.75) is 52.6 Å². The molecule has 0 radical (unpaired) electrons. The van der Waals surface area contributed by atoms with Crippen LogP contribution in [0, 0.1) is 5.92 Å². The van der Waals surface area contributed by atoms with E-state index in [1.165, 1.54) is 0 Å². The van der Waals surface area contributed by atoms with Crippen LogP contribution in [-0.2, 0) is 9.59 Å². The van der Waals surface area contributed by atoms with Crippen molar-refractivity contribution in [1.29, 1.82) is 0 Å². The summed E-state index contributed by atoms with van der Waals surface area (Å²) in [5.74, 6) is 0.384. The van der Waals surface area contributed by atoms with Crippen LogP contribution in [0.5, 0.6) is 0 Å². The second-order valence-electron chi connectivity index (χ2n) is 5.30. The van der Waals surface area contributed by atoms with Gasteiger partial charge in [0.15, 0.2) is 0 Å². The molecule has 1 saturated heterocycles. The van der Waals surface area contributed by atoms with E-state index in [-0.39, 0.29) is 17.9 Å². The minimum absolute atomic E-state index is 0.0424. The minimum Gasteiger partial charge on any atom is -0.342 e. The predicted molar refractivity (Wildman–Crippen MR) is 62.9 cm³/mol. The molecule has 4 heteroatoms. The summed E-state index contributed by atoms with van der Waals surface area (Å²) in [4.78, 5) is 25.7. The Hall–Kier alpha value is -1.06. The first kappa shape index (κ1) is 13.0. The number of hydrogen-bond acceptors (Lipinski definition) is 2. The van der Waals surface area contributed by atoms with Gasteiger partial charge in [-0.15, -0.1) is 0 Å². The summed E-state index contributed by atoms with van der Waals surface area (Å²) in [5.41, 5.74) is -0.723. The summed E-state index contributed by atoms with van der Waals surface area (Å²) >= 11 is 0. The molecule has 0 aromatic heterocycles. The molecule has 0 aliphatic carbocycles. The number of rotatable bonds is 3. The Bertz CT molecular complexity index is 297. The number of likely N-dealkylation sites (N-methyl/N-ethyl adjacent to an activating group) is 1. The highest BCUT2D eigenvalue weighted by Crippen LogP contribution is 2.22. The molecule has 0 bridgehead atoms. The SMILES string of the molecule is CCN1C(=O)C(CC(C)C)NC(=O)C1(C)C. The lowest BCUT2D eigenvalue weighted by Gasteiger charge is -2.44. The van der Waals surface area contributed by atoms with E-state index in [9.17, 15) is 9.59 Å². The number of nitrogens with one attached hydrogen (secondary N) is 1. The Morgan fingerprint density at radius 2 is 1.94 bits per heavy atom. The monoisotopic (exact) mass is 226 g/mol. The van der Waals surface area contributed by atoms with Crippen molar-refractivity contribution >= 4 is 11.8 Å². The van der Waals surface area contributed by atoms with Gasteiger partial charge in [-0.05, 0) is 33.1 Å². The van der Waals surface area contributed by atoms with Crippen molar-refractivity contribution in [1.82, 2.24) is 10.2 Å². The Morgan fingerprint density at radius 1 is 1.38 bits per heavy atom. The first-order valence-electron chi connectivity index (χ1n) is 5.93. The molecule has 0 saturated carbocycles. The second kappa shape index (κ2) is 4.44. The third-order valence-corrected chi connectivity index (χ3v) is 3.12. The zero-order valence-electron chi connectivity index (χ0n) is 10.8. The van der Waals surface area contributed by atoms with Crippen LogP contribution in [-0.4, -0.2) is 34.8 Å². The summed E-state index contributed by atoms with van der Waals surface area (Å²) in [6.45, 7) is 10.2. The molecule has 0 spiro atoms. The van der Waals surface area contributed by atoms with E-state index in [4.69, 9.17) is 0 Å². The summed E-state index contributed by atoms with van der Waals surface area (Å²) in [7, 11) is 0.